The van der Waals surface area contributed by atoms with Gasteiger partial charge in [-0.1, -0.05) is 71.9 Å². The first-order chi connectivity index (χ1) is 12.6. The average molecular weight is 371 g/mol. The van der Waals surface area contributed by atoms with Gasteiger partial charge in [0, 0.05) is 11.1 Å². The normalized spacial score (nSPS) is 12.1. The predicted molar refractivity (Wildman–Crippen MR) is 112 cm³/mol. The van der Waals surface area contributed by atoms with E-state index in [-0.39, 0.29) is 17.8 Å². The standard InChI is InChI=1S/C20H24O3.C4H10/c1-20(2,3)13-17(21)14-23-18-11-9-16(10-12-18)19(22)15-7-5-4-6-8-15;1-4(2)3/h4-12,17,21H,13-14H2,1-3H3;4H,1-3H3. The maximum absolute atomic E-state index is 12.3. The van der Waals surface area contributed by atoms with Crippen molar-refractivity contribution in [1.29, 1.82) is 0 Å². The molecule has 0 spiro atoms. The number of hydrogen-bond acceptors (Lipinski definition) is 3. The molecule has 0 radical (unpaired) electrons. The van der Waals surface area contributed by atoms with Crippen LogP contribution in [0.15, 0.2) is 54.6 Å². The number of aliphatic hydroxyl groups is 1. The molecule has 27 heavy (non-hydrogen) atoms. The van der Waals surface area contributed by atoms with E-state index in [0.717, 1.165) is 5.92 Å². The van der Waals surface area contributed by atoms with Crippen LogP contribution in [0.1, 0.15) is 63.9 Å². The number of hydrogen-bond donors (Lipinski definition) is 1. The van der Waals surface area contributed by atoms with E-state index in [0.29, 0.717) is 23.3 Å². The molecule has 1 N–H and O–H groups in total. The zero-order chi connectivity index (χ0) is 20.4. The highest BCUT2D eigenvalue weighted by molar-refractivity contribution is 6.08. The second-order valence-electron chi connectivity index (χ2n) is 8.68. The fourth-order valence-corrected chi connectivity index (χ4v) is 2.42. The molecule has 0 bridgehead atoms. The van der Waals surface area contributed by atoms with Crippen molar-refractivity contribution >= 4 is 5.78 Å². The van der Waals surface area contributed by atoms with Gasteiger partial charge < -0.3 is 9.84 Å². The smallest absolute Gasteiger partial charge is 0.193 e. The minimum Gasteiger partial charge on any atom is -0.491 e. The lowest BCUT2D eigenvalue weighted by atomic mass is 9.89. The van der Waals surface area contributed by atoms with Crippen LogP contribution in [0.5, 0.6) is 5.75 Å². The number of benzene rings is 2. The Morgan fingerprint density at radius 3 is 1.89 bits per heavy atom. The van der Waals surface area contributed by atoms with Crippen molar-refractivity contribution < 1.29 is 14.6 Å². The van der Waals surface area contributed by atoms with Gasteiger partial charge in [0.2, 0.25) is 0 Å². The summed E-state index contributed by atoms with van der Waals surface area (Å²) in [5.41, 5.74) is 1.36. The fourth-order valence-electron chi connectivity index (χ4n) is 2.42. The van der Waals surface area contributed by atoms with Gasteiger partial charge in [0.15, 0.2) is 5.78 Å². The first kappa shape index (κ1) is 22.9. The van der Waals surface area contributed by atoms with Crippen LogP contribution in [-0.4, -0.2) is 23.6 Å². The van der Waals surface area contributed by atoms with Crippen molar-refractivity contribution in [3.8, 4) is 5.75 Å². The quantitative estimate of drug-likeness (QED) is 0.658. The van der Waals surface area contributed by atoms with Crippen LogP contribution in [0, 0.1) is 11.3 Å². The molecule has 0 heterocycles. The summed E-state index contributed by atoms with van der Waals surface area (Å²) in [7, 11) is 0. The van der Waals surface area contributed by atoms with E-state index in [4.69, 9.17) is 4.74 Å². The monoisotopic (exact) mass is 370 g/mol. The summed E-state index contributed by atoms with van der Waals surface area (Å²) >= 11 is 0. The van der Waals surface area contributed by atoms with Crippen LogP contribution in [-0.2, 0) is 0 Å². The number of ketones is 1. The molecular weight excluding hydrogens is 336 g/mol. The zero-order valence-corrected chi connectivity index (χ0v) is 17.5. The van der Waals surface area contributed by atoms with Gasteiger partial charge >= 0.3 is 0 Å². The Morgan fingerprint density at radius 1 is 0.926 bits per heavy atom. The highest BCUT2D eigenvalue weighted by Crippen LogP contribution is 2.22. The van der Waals surface area contributed by atoms with Crippen LogP contribution < -0.4 is 4.74 Å². The Hall–Kier alpha value is -2.13. The maximum Gasteiger partial charge on any atom is 0.193 e. The van der Waals surface area contributed by atoms with Crippen LogP contribution in [0.2, 0.25) is 0 Å². The van der Waals surface area contributed by atoms with E-state index in [9.17, 15) is 9.90 Å². The maximum atomic E-state index is 12.3. The second kappa shape index (κ2) is 10.9. The molecule has 0 aliphatic heterocycles. The number of rotatable bonds is 6. The Balaban J connectivity index is 0.000000828. The number of ether oxygens (including phenoxy) is 1. The predicted octanol–water partition coefficient (Wildman–Crippen LogP) is 5.76. The second-order valence-corrected chi connectivity index (χ2v) is 8.68. The molecule has 0 fully saturated rings. The molecule has 0 saturated heterocycles. The molecule has 148 valence electrons. The topological polar surface area (TPSA) is 46.5 Å². The molecule has 1 unspecified atom stereocenters. The van der Waals surface area contributed by atoms with Crippen molar-refractivity contribution in [2.45, 2.75) is 54.1 Å². The molecule has 0 aliphatic rings. The average Bonchev–Trinajstić information content (AvgIpc) is 2.59. The van der Waals surface area contributed by atoms with Gasteiger partial charge in [-0.15, -0.1) is 0 Å². The highest BCUT2D eigenvalue weighted by Gasteiger charge is 2.17. The Bertz CT molecular complexity index is 664. The molecule has 2 aromatic rings. The first-order valence-corrected chi connectivity index (χ1v) is 9.59. The van der Waals surface area contributed by atoms with Crippen LogP contribution in [0.25, 0.3) is 0 Å². The summed E-state index contributed by atoms with van der Waals surface area (Å²) in [4.78, 5) is 12.3. The van der Waals surface area contributed by atoms with Crippen molar-refractivity contribution in [1.82, 2.24) is 0 Å². The molecule has 0 aromatic heterocycles. The third kappa shape index (κ3) is 9.95. The van der Waals surface area contributed by atoms with Crippen molar-refractivity contribution in [3.63, 3.8) is 0 Å². The molecule has 3 nitrogen and oxygen atoms in total. The van der Waals surface area contributed by atoms with Crippen molar-refractivity contribution in [2.24, 2.45) is 11.3 Å². The Morgan fingerprint density at radius 2 is 1.41 bits per heavy atom. The summed E-state index contributed by atoms with van der Waals surface area (Å²) in [6.07, 6.45) is 0.179. The van der Waals surface area contributed by atoms with Gasteiger partial charge in [-0.05, 0) is 42.0 Å². The van der Waals surface area contributed by atoms with E-state index >= 15 is 0 Å². The number of carbonyl (C=O) groups is 1. The van der Waals surface area contributed by atoms with Gasteiger partial charge in [-0.25, -0.2) is 0 Å². The number of aliphatic hydroxyl groups excluding tert-OH is 1. The van der Waals surface area contributed by atoms with E-state index < -0.39 is 6.10 Å². The zero-order valence-electron chi connectivity index (χ0n) is 17.5. The molecule has 0 aliphatic carbocycles. The molecule has 1 atom stereocenters. The summed E-state index contributed by atoms with van der Waals surface area (Å²) < 4.78 is 5.59. The summed E-state index contributed by atoms with van der Waals surface area (Å²) in [5, 5.41) is 9.96. The lowest BCUT2D eigenvalue weighted by Gasteiger charge is -2.22. The SMILES string of the molecule is CC(C)(C)CC(O)COc1ccc(C(=O)c2ccccc2)cc1.CC(C)C. The first-order valence-electron chi connectivity index (χ1n) is 9.59. The van der Waals surface area contributed by atoms with E-state index in [1.807, 2.05) is 18.2 Å². The largest absolute Gasteiger partial charge is 0.491 e. The van der Waals surface area contributed by atoms with Crippen molar-refractivity contribution in [3.05, 3.63) is 65.7 Å². The molecular formula is C24H34O3. The molecule has 0 amide bonds. The van der Waals surface area contributed by atoms with E-state index in [1.165, 1.54) is 0 Å². The molecule has 3 heteroatoms. The minimum atomic E-state index is -0.499. The van der Waals surface area contributed by atoms with E-state index in [2.05, 4.69) is 41.5 Å². The van der Waals surface area contributed by atoms with Gasteiger partial charge in [0.25, 0.3) is 0 Å². The molecule has 0 saturated carbocycles. The summed E-state index contributed by atoms with van der Waals surface area (Å²) in [6, 6.07) is 16.2. The van der Waals surface area contributed by atoms with Crippen LogP contribution in [0.4, 0.5) is 0 Å². The van der Waals surface area contributed by atoms with Gasteiger partial charge in [0.05, 0.1) is 6.10 Å². The lowest BCUT2D eigenvalue weighted by molar-refractivity contribution is 0.0710. The van der Waals surface area contributed by atoms with Crippen molar-refractivity contribution in [2.75, 3.05) is 6.61 Å². The van der Waals surface area contributed by atoms with Gasteiger partial charge in [-0.2, -0.15) is 0 Å². The van der Waals surface area contributed by atoms with Gasteiger partial charge in [0.1, 0.15) is 12.4 Å². The Labute approximate surface area is 164 Å². The minimum absolute atomic E-state index is 0.00934. The third-order valence-electron chi connectivity index (χ3n) is 3.44. The Kier molecular flexibility index (Phi) is 9.23. The summed E-state index contributed by atoms with van der Waals surface area (Å²) in [5.74, 6) is 1.48. The third-order valence-corrected chi connectivity index (χ3v) is 3.44. The van der Waals surface area contributed by atoms with Gasteiger partial charge in [-0.3, -0.25) is 4.79 Å². The summed E-state index contributed by atoms with van der Waals surface area (Å²) in [6.45, 7) is 13.0. The molecule has 2 aromatic carbocycles. The fraction of sp³-hybridized carbons (Fsp3) is 0.458. The van der Waals surface area contributed by atoms with Crippen LogP contribution >= 0.6 is 0 Å². The highest BCUT2D eigenvalue weighted by atomic mass is 16.5. The van der Waals surface area contributed by atoms with E-state index in [1.54, 1.807) is 36.4 Å². The number of carbonyl (C=O) groups excluding carboxylic acids is 1. The van der Waals surface area contributed by atoms with Crippen LogP contribution in [0.3, 0.4) is 0 Å². The molecule has 2 rings (SSSR count). The lowest BCUT2D eigenvalue weighted by Crippen LogP contribution is -2.23.